The molecule has 0 aliphatic carbocycles. The van der Waals surface area contributed by atoms with Crippen LogP contribution in [0.3, 0.4) is 0 Å². The molecule has 0 aliphatic heterocycles. The van der Waals surface area contributed by atoms with E-state index in [2.05, 4.69) is 41.8 Å². The quantitative estimate of drug-likeness (QED) is 0.195. The molecule has 0 aliphatic rings. The van der Waals surface area contributed by atoms with Gasteiger partial charge in [-0.3, -0.25) is 24.0 Å². The van der Waals surface area contributed by atoms with Crippen LogP contribution in [-0.4, -0.2) is 81.6 Å². The number of carboxylic acids is 5. The summed E-state index contributed by atoms with van der Waals surface area (Å²) in [5.74, 6) is -4.17. The van der Waals surface area contributed by atoms with Gasteiger partial charge in [-0.05, 0) is 24.0 Å². The molecule has 0 spiro atoms. The van der Waals surface area contributed by atoms with Gasteiger partial charge in [0.15, 0.2) is 0 Å². The molecule has 1 aromatic rings. The zero-order valence-corrected chi connectivity index (χ0v) is 23.3. The van der Waals surface area contributed by atoms with Gasteiger partial charge in [0.05, 0.1) is 0 Å². The summed E-state index contributed by atoms with van der Waals surface area (Å²) in [6.07, 6.45) is 3.75. The first-order valence-electron chi connectivity index (χ1n) is 11.7. The maximum atomic E-state index is 9.00. The summed E-state index contributed by atoms with van der Waals surface area (Å²) in [4.78, 5) is 45.0. The summed E-state index contributed by atoms with van der Waals surface area (Å²) in [5, 5.41) is 43.8. The average molecular weight is 550 g/mol. The number of benzene rings is 1. The molecular weight excluding hydrogens is 502 g/mol. The Morgan fingerprint density at radius 3 is 1.26 bits per heavy atom. The molecule has 0 saturated heterocycles. The molecule has 0 heterocycles. The number of hydrogen-bond donors (Lipinski definition) is 8. The highest BCUT2D eigenvalue weighted by molar-refractivity contribution is 5.63. The summed E-state index contributed by atoms with van der Waals surface area (Å²) >= 11 is 0. The first kappa shape index (κ1) is 44.4. The molecule has 0 saturated carbocycles. The van der Waals surface area contributed by atoms with Crippen LogP contribution in [0.25, 0.3) is 0 Å². The zero-order valence-electron chi connectivity index (χ0n) is 23.3. The van der Waals surface area contributed by atoms with Crippen molar-refractivity contribution in [3.8, 4) is 0 Å². The van der Waals surface area contributed by atoms with E-state index in [9.17, 15) is 0 Å². The SMILES string of the molecule is CC(=O)O.CC(=O)O.CC(=O)O.CC(=O)O.CC(=O)O.CCCCc1ccc(CNCCNCCN)cc1. The lowest BCUT2D eigenvalue weighted by molar-refractivity contribution is -0.135. The van der Waals surface area contributed by atoms with Gasteiger partial charge < -0.3 is 41.9 Å². The molecule has 38 heavy (non-hydrogen) atoms. The maximum Gasteiger partial charge on any atom is 0.300 e. The van der Waals surface area contributed by atoms with Crippen molar-refractivity contribution >= 4 is 29.8 Å². The fourth-order valence-corrected chi connectivity index (χ4v) is 1.84. The van der Waals surface area contributed by atoms with Gasteiger partial charge in [0.25, 0.3) is 29.8 Å². The Morgan fingerprint density at radius 1 is 0.632 bits per heavy atom. The van der Waals surface area contributed by atoms with E-state index in [1.165, 1.54) is 30.4 Å². The second-order valence-corrected chi connectivity index (χ2v) is 7.23. The Kier molecular flexibility index (Phi) is 41.6. The number of hydrogen-bond acceptors (Lipinski definition) is 8. The van der Waals surface area contributed by atoms with Gasteiger partial charge in [-0.2, -0.15) is 0 Å². The lowest BCUT2D eigenvalue weighted by Gasteiger charge is -2.07. The molecule has 1 rings (SSSR count). The maximum absolute atomic E-state index is 9.00. The van der Waals surface area contributed by atoms with Gasteiger partial charge in [-0.1, -0.05) is 37.6 Å². The third kappa shape index (κ3) is 94.3. The number of aryl methyl sites for hydroxylation is 1. The predicted octanol–water partition coefficient (Wildman–Crippen LogP) is 2.12. The third-order valence-electron chi connectivity index (χ3n) is 2.97. The standard InChI is InChI=1S/C15H27N3.5C2H4O2/c1-2-3-4-14-5-7-15(8-6-14)13-18-12-11-17-10-9-16;5*1-2(3)4/h5-8,17-18H,2-4,9-13,16H2,1H3;5*1H3,(H,3,4). The number of aliphatic carboxylic acids is 5. The van der Waals surface area contributed by atoms with E-state index >= 15 is 0 Å². The Bertz CT molecular complexity index is 637. The Labute approximate surface area is 225 Å². The second kappa shape index (κ2) is 35.6. The number of nitrogens with two attached hydrogens (primary N) is 1. The highest BCUT2D eigenvalue weighted by Gasteiger charge is 1.95. The predicted molar refractivity (Wildman–Crippen MR) is 145 cm³/mol. The molecule has 13 nitrogen and oxygen atoms in total. The third-order valence-corrected chi connectivity index (χ3v) is 2.97. The Morgan fingerprint density at radius 2 is 0.947 bits per heavy atom. The van der Waals surface area contributed by atoms with Crippen molar-refractivity contribution in [2.24, 2.45) is 5.73 Å². The molecule has 1 aromatic carbocycles. The number of unbranched alkanes of at least 4 members (excludes halogenated alkanes) is 1. The molecule has 222 valence electrons. The van der Waals surface area contributed by atoms with Gasteiger partial charge in [-0.25, -0.2) is 0 Å². The minimum Gasteiger partial charge on any atom is -0.481 e. The number of rotatable bonds is 10. The molecule has 9 N–H and O–H groups in total. The summed E-state index contributed by atoms with van der Waals surface area (Å²) in [6.45, 7) is 12.2. The molecule has 0 radical (unpaired) electrons. The zero-order chi connectivity index (χ0) is 30.9. The van der Waals surface area contributed by atoms with Gasteiger partial charge in [-0.15, -0.1) is 0 Å². The van der Waals surface area contributed by atoms with Crippen LogP contribution in [0.1, 0.15) is 65.5 Å². The molecule has 0 fully saturated rings. The van der Waals surface area contributed by atoms with Crippen LogP contribution in [0.5, 0.6) is 0 Å². The molecular formula is C25H47N3O10. The lowest BCUT2D eigenvalue weighted by atomic mass is 10.1. The van der Waals surface area contributed by atoms with Gasteiger partial charge in [0.2, 0.25) is 0 Å². The summed E-state index contributed by atoms with van der Waals surface area (Å²) < 4.78 is 0. The van der Waals surface area contributed by atoms with Gasteiger partial charge in [0.1, 0.15) is 0 Å². The smallest absolute Gasteiger partial charge is 0.300 e. The summed E-state index contributed by atoms with van der Waals surface area (Å²) in [6, 6.07) is 8.95. The molecule has 0 bridgehead atoms. The first-order chi connectivity index (χ1) is 17.5. The molecule has 0 aromatic heterocycles. The van der Waals surface area contributed by atoms with Crippen LogP contribution in [0.4, 0.5) is 0 Å². The number of nitrogens with one attached hydrogen (secondary N) is 2. The van der Waals surface area contributed by atoms with Crippen molar-refractivity contribution in [3.63, 3.8) is 0 Å². The Hall–Kier alpha value is -3.55. The van der Waals surface area contributed by atoms with Crippen LogP contribution in [0.15, 0.2) is 24.3 Å². The summed E-state index contributed by atoms with van der Waals surface area (Å²) in [7, 11) is 0. The van der Waals surface area contributed by atoms with E-state index in [0.29, 0.717) is 6.54 Å². The number of carboxylic acid groups (broad SMARTS) is 5. The average Bonchev–Trinajstić information content (AvgIpc) is 2.73. The number of carbonyl (C=O) groups is 5. The van der Waals surface area contributed by atoms with Gasteiger partial charge >= 0.3 is 0 Å². The molecule has 13 heteroatoms. The monoisotopic (exact) mass is 549 g/mol. The van der Waals surface area contributed by atoms with Crippen molar-refractivity contribution < 1.29 is 49.5 Å². The van der Waals surface area contributed by atoms with E-state index in [0.717, 1.165) is 60.8 Å². The van der Waals surface area contributed by atoms with Crippen LogP contribution < -0.4 is 16.4 Å². The van der Waals surface area contributed by atoms with Crippen LogP contribution in [-0.2, 0) is 36.9 Å². The van der Waals surface area contributed by atoms with E-state index in [1.807, 2.05) is 0 Å². The van der Waals surface area contributed by atoms with E-state index in [4.69, 9.17) is 55.2 Å². The van der Waals surface area contributed by atoms with E-state index in [1.54, 1.807) is 0 Å². The molecule has 0 atom stereocenters. The van der Waals surface area contributed by atoms with Crippen molar-refractivity contribution in [2.75, 3.05) is 26.2 Å². The van der Waals surface area contributed by atoms with E-state index < -0.39 is 29.8 Å². The van der Waals surface area contributed by atoms with Crippen LogP contribution >= 0.6 is 0 Å². The minimum atomic E-state index is -0.833. The van der Waals surface area contributed by atoms with Crippen molar-refractivity contribution in [3.05, 3.63) is 35.4 Å². The second-order valence-electron chi connectivity index (χ2n) is 7.23. The largest absolute Gasteiger partial charge is 0.481 e. The lowest BCUT2D eigenvalue weighted by Crippen LogP contribution is -2.30. The van der Waals surface area contributed by atoms with Crippen molar-refractivity contribution in [1.29, 1.82) is 0 Å². The fraction of sp³-hybridized carbons (Fsp3) is 0.560. The van der Waals surface area contributed by atoms with Gasteiger partial charge in [0, 0.05) is 67.3 Å². The Balaban J connectivity index is -0.000000148. The first-order valence-corrected chi connectivity index (χ1v) is 11.7. The van der Waals surface area contributed by atoms with Crippen molar-refractivity contribution in [2.45, 2.75) is 67.3 Å². The topological polar surface area (TPSA) is 237 Å². The highest BCUT2D eigenvalue weighted by Crippen LogP contribution is 2.07. The van der Waals surface area contributed by atoms with Crippen LogP contribution in [0, 0.1) is 0 Å². The fourth-order valence-electron chi connectivity index (χ4n) is 1.84. The molecule has 0 amide bonds. The highest BCUT2D eigenvalue weighted by atomic mass is 16.4. The minimum absolute atomic E-state index is 0.708. The van der Waals surface area contributed by atoms with Crippen molar-refractivity contribution in [1.82, 2.24) is 10.6 Å². The summed E-state index contributed by atoms with van der Waals surface area (Å²) in [5.41, 5.74) is 8.21. The molecule has 0 unspecified atom stereocenters. The van der Waals surface area contributed by atoms with E-state index in [-0.39, 0.29) is 0 Å². The van der Waals surface area contributed by atoms with Crippen LogP contribution in [0.2, 0.25) is 0 Å². The normalized spacial score (nSPS) is 8.39.